The molecule has 6 rings (SSSR count). The molecule has 8 nitrogen and oxygen atoms in total. The topological polar surface area (TPSA) is 95.1 Å². The molecule has 2 atom stereocenters. The fraction of sp³-hybridized carbons (Fsp3) is 0.567. The van der Waals surface area contributed by atoms with Gasteiger partial charge in [0, 0.05) is 44.9 Å². The molecule has 1 amide bonds. The molecule has 2 aromatic carbocycles. The minimum Gasteiger partial charge on any atom is -0.338 e. The van der Waals surface area contributed by atoms with Crippen LogP contribution in [0.1, 0.15) is 49.1 Å². The molecule has 1 saturated carbocycles. The first kappa shape index (κ1) is 30.5. The second kappa shape index (κ2) is 11.6. The Morgan fingerprint density at radius 3 is 2.10 bits per heavy atom. The van der Waals surface area contributed by atoms with Crippen LogP contribution < -0.4 is 0 Å². The molecule has 1 aliphatic carbocycles. The zero-order chi connectivity index (χ0) is 28.1. The summed E-state index contributed by atoms with van der Waals surface area (Å²) in [4.78, 5) is 18.2. The van der Waals surface area contributed by atoms with Crippen LogP contribution in [0.3, 0.4) is 0 Å². The maximum atomic E-state index is 13.6. The van der Waals surface area contributed by atoms with Crippen molar-refractivity contribution in [2.45, 2.75) is 54.7 Å². The van der Waals surface area contributed by atoms with Gasteiger partial charge in [-0.25, -0.2) is 21.1 Å². The Hall–Kier alpha value is -1.98. The van der Waals surface area contributed by atoms with Crippen LogP contribution in [0.15, 0.2) is 59.5 Å². The summed E-state index contributed by atoms with van der Waals surface area (Å²) in [6.45, 7) is 4.89. The predicted molar refractivity (Wildman–Crippen MR) is 161 cm³/mol. The highest BCUT2D eigenvalue weighted by atomic mass is 35.5. The zero-order valence-corrected chi connectivity index (χ0v) is 26.0. The first-order valence-corrected chi connectivity index (χ1v) is 17.8. The van der Waals surface area contributed by atoms with Crippen LogP contribution in [-0.4, -0.2) is 87.6 Å². The van der Waals surface area contributed by atoms with Gasteiger partial charge < -0.3 is 9.80 Å². The van der Waals surface area contributed by atoms with Crippen LogP contribution in [0.25, 0.3) is 0 Å². The summed E-state index contributed by atoms with van der Waals surface area (Å²) >= 11 is 0. The van der Waals surface area contributed by atoms with E-state index in [1.54, 1.807) is 28.6 Å². The third-order valence-electron chi connectivity index (χ3n) is 9.57. The fourth-order valence-corrected chi connectivity index (χ4v) is 9.50. The molecule has 3 heterocycles. The first-order valence-electron chi connectivity index (χ1n) is 14.4. The highest BCUT2D eigenvalue weighted by molar-refractivity contribution is 7.90. The minimum absolute atomic E-state index is 0. The van der Waals surface area contributed by atoms with Crippen molar-refractivity contribution in [2.75, 3.05) is 45.5 Å². The molecule has 2 aromatic rings. The molecule has 224 valence electrons. The van der Waals surface area contributed by atoms with E-state index in [1.807, 2.05) is 23.1 Å². The van der Waals surface area contributed by atoms with Gasteiger partial charge in [0.2, 0.25) is 15.9 Å². The van der Waals surface area contributed by atoms with Gasteiger partial charge in [0.05, 0.1) is 15.6 Å². The van der Waals surface area contributed by atoms with E-state index in [1.165, 1.54) is 11.8 Å². The highest BCUT2D eigenvalue weighted by Crippen LogP contribution is 2.44. The van der Waals surface area contributed by atoms with Crippen molar-refractivity contribution in [2.24, 2.45) is 11.3 Å². The summed E-state index contributed by atoms with van der Waals surface area (Å²) in [5.74, 6) is 0.628. The number of halogens is 1. The molecule has 0 aromatic heterocycles. The van der Waals surface area contributed by atoms with Gasteiger partial charge in [0.25, 0.3) is 0 Å². The van der Waals surface area contributed by atoms with E-state index in [-0.39, 0.29) is 45.7 Å². The van der Waals surface area contributed by atoms with E-state index < -0.39 is 19.9 Å². The summed E-state index contributed by atoms with van der Waals surface area (Å²) in [5.41, 5.74) is 1.83. The summed E-state index contributed by atoms with van der Waals surface area (Å²) in [7, 11) is -6.46. The van der Waals surface area contributed by atoms with Crippen LogP contribution in [0, 0.1) is 11.3 Å². The van der Waals surface area contributed by atoms with Gasteiger partial charge in [-0.3, -0.25) is 4.79 Å². The van der Waals surface area contributed by atoms with Crippen molar-refractivity contribution < 1.29 is 21.6 Å². The number of carbonyl (C=O) groups excluding carboxylic acids is 1. The first-order chi connectivity index (χ1) is 19.0. The lowest BCUT2D eigenvalue weighted by atomic mass is 9.76. The number of benzene rings is 2. The number of nitrogens with zero attached hydrogens (tertiary/aromatic N) is 3. The van der Waals surface area contributed by atoms with Gasteiger partial charge in [-0.15, -0.1) is 12.4 Å². The van der Waals surface area contributed by atoms with Gasteiger partial charge >= 0.3 is 0 Å². The Morgan fingerprint density at radius 1 is 0.854 bits per heavy atom. The molecular formula is C30H40ClN3O5S2. The lowest BCUT2D eigenvalue weighted by Crippen LogP contribution is -2.46. The fourth-order valence-electron chi connectivity index (χ4n) is 6.94. The maximum Gasteiger partial charge on any atom is 0.229 e. The Labute approximate surface area is 250 Å². The maximum absolute atomic E-state index is 13.6. The average Bonchev–Trinajstić information content (AvgIpc) is 3.66. The Bertz CT molecular complexity index is 1460. The normalized spacial score (nSPS) is 25.5. The van der Waals surface area contributed by atoms with E-state index in [0.29, 0.717) is 19.6 Å². The number of hydrogen-bond donors (Lipinski definition) is 0. The Balaban J connectivity index is 0.00000337. The molecule has 4 aliphatic rings. The standard InChI is InChI=1S/C30H39N3O5S2.ClH/c1-39(35,36)26-9-7-23(8-10-26)19-32-18-15-30(29(32)34)13-16-31(17-14-30)20-25-21-33(40(37,38)27-11-12-27)22-28(25)24-5-3-2-4-6-24;/h2-10,25,27-28H,11-22H2,1H3;1H/t25-,28?;/m0./s1. The minimum atomic E-state index is -3.24. The van der Waals surface area contributed by atoms with E-state index in [4.69, 9.17) is 0 Å². The molecule has 1 spiro atoms. The summed E-state index contributed by atoms with van der Waals surface area (Å²) in [5, 5.41) is -0.188. The Kier molecular flexibility index (Phi) is 8.62. The molecular weight excluding hydrogens is 582 g/mol. The zero-order valence-electron chi connectivity index (χ0n) is 23.5. The number of piperidine rings is 1. The van der Waals surface area contributed by atoms with E-state index in [2.05, 4.69) is 17.0 Å². The lowest BCUT2D eigenvalue weighted by Gasteiger charge is -2.39. The monoisotopic (exact) mass is 621 g/mol. The van der Waals surface area contributed by atoms with Crippen molar-refractivity contribution in [3.63, 3.8) is 0 Å². The summed E-state index contributed by atoms with van der Waals surface area (Å²) in [6.07, 6.45) is 5.26. The average molecular weight is 622 g/mol. The van der Waals surface area contributed by atoms with Crippen LogP contribution >= 0.6 is 12.4 Å². The summed E-state index contributed by atoms with van der Waals surface area (Å²) in [6, 6.07) is 17.1. The van der Waals surface area contributed by atoms with Crippen molar-refractivity contribution in [3.05, 3.63) is 65.7 Å². The highest BCUT2D eigenvalue weighted by Gasteiger charge is 2.49. The van der Waals surface area contributed by atoms with Gasteiger partial charge in [-0.05, 0) is 74.4 Å². The van der Waals surface area contributed by atoms with Crippen molar-refractivity contribution in [1.82, 2.24) is 14.1 Å². The van der Waals surface area contributed by atoms with Gasteiger partial charge in [-0.1, -0.05) is 42.5 Å². The second-order valence-electron chi connectivity index (χ2n) is 12.3. The van der Waals surface area contributed by atoms with Gasteiger partial charge in [-0.2, -0.15) is 0 Å². The molecule has 3 aliphatic heterocycles. The van der Waals surface area contributed by atoms with Crippen LogP contribution in [-0.2, 0) is 31.2 Å². The number of likely N-dealkylation sites (tertiary alicyclic amines) is 2. The van der Waals surface area contributed by atoms with Crippen LogP contribution in [0.4, 0.5) is 0 Å². The Morgan fingerprint density at radius 2 is 1.49 bits per heavy atom. The van der Waals surface area contributed by atoms with E-state index in [0.717, 1.165) is 63.8 Å². The summed E-state index contributed by atoms with van der Waals surface area (Å²) < 4.78 is 51.4. The molecule has 0 radical (unpaired) electrons. The van der Waals surface area contributed by atoms with Gasteiger partial charge in [0.15, 0.2) is 9.84 Å². The van der Waals surface area contributed by atoms with Crippen molar-refractivity contribution in [3.8, 4) is 0 Å². The van der Waals surface area contributed by atoms with E-state index in [9.17, 15) is 21.6 Å². The second-order valence-corrected chi connectivity index (χ2v) is 16.5. The molecule has 3 saturated heterocycles. The van der Waals surface area contributed by atoms with Crippen LogP contribution in [0.2, 0.25) is 0 Å². The number of carbonyl (C=O) groups is 1. The van der Waals surface area contributed by atoms with Crippen LogP contribution in [0.5, 0.6) is 0 Å². The molecule has 0 N–H and O–H groups in total. The molecule has 0 bridgehead atoms. The SMILES string of the molecule is CS(=O)(=O)c1ccc(CN2CCC3(CCN(C[C@H]4CN(S(=O)(=O)C5CC5)CC4c4ccccc4)CC3)C2=O)cc1.Cl. The third kappa shape index (κ3) is 6.22. The third-order valence-corrected chi connectivity index (χ3v) is 13.0. The number of hydrogen-bond acceptors (Lipinski definition) is 6. The molecule has 4 fully saturated rings. The quantitative estimate of drug-likeness (QED) is 0.448. The smallest absolute Gasteiger partial charge is 0.229 e. The largest absolute Gasteiger partial charge is 0.338 e. The number of sulfone groups is 1. The predicted octanol–water partition coefficient (Wildman–Crippen LogP) is 3.53. The van der Waals surface area contributed by atoms with Gasteiger partial charge in [0.1, 0.15) is 0 Å². The molecule has 1 unspecified atom stereocenters. The number of sulfonamides is 1. The van der Waals surface area contributed by atoms with Crippen molar-refractivity contribution >= 4 is 38.2 Å². The van der Waals surface area contributed by atoms with E-state index >= 15 is 0 Å². The number of amides is 1. The van der Waals surface area contributed by atoms with Crippen molar-refractivity contribution in [1.29, 1.82) is 0 Å². The number of rotatable bonds is 8. The lowest BCUT2D eigenvalue weighted by molar-refractivity contribution is -0.139. The molecule has 11 heteroatoms. The molecule has 41 heavy (non-hydrogen) atoms.